The molecule has 2 aromatic carbocycles. The summed E-state index contributed by atoms with van der Waals surface area (Å²) in [6.45, 7) is 7.24. The highest BCUT2D eigenvalue weighted by atomic mass is 35.5. The van der Waals surface area contributed by atoms with E-state index in [1.165, 1.54) is 6.07 Å². The molecule has 1 aliphatic heterocycles. The van der Waals surface area contributed by atoms with E-state index in [1.807, 2.05) is 30.8 Å². The lowest BCUT2D eigenvalue weighted by molar-refractivity contribution is -0.127. The number of aryl methyl sites for hydroxylation is 1. The fourth-order valence-corrected chi connectivity index (χ4v) is 4.81. The number of rotatable bonds is 8. The van der Waals surface area contributed by atoms with Gasteiger partial charge in [-0.15, -0.1) is 0 Å². The molecule has 1 saturated heterocycles. The third kappa shape index (κ3) is 6.12. The molecule has 11 heteroatoms. The van der Waals surface area contributed by atoms with Gasteiger partial charge in [-0.25, -0.2) is 19.3 Å². The van der Waals surface area contributed by atoms with Crippen molar-refractivity contribution >= 4 is 40.2 Å². The van der Waals surface area contributed by atoms with E-state index in [1.54, 1.807) is 30.3 Å². The molecule has 9 nitrogen and oxygen atoms in total. The molecule has 0 unspecified atom stereocenters. The van der Waals surface area contributed by atoms with Crippen LogP contribution in [0.15, 0.2) is 48.8 Å². The van der Waals surface area contributed by atoms with Gasteiger partial charge in [0, 0.05) is 88.7 Å². The van der Waals surface area contributed by atoms with E-state index in [0.717, 1.165) is 56.0 Å². The molecular weight excluding hydrogens is 519 g/mol. The Kier molecular flexibility index (Phi) is 7.94. The van der Waals surface area contributed by atoms with Gasteiger partial charge in [-0.3, -0.25) is 9.69 Å². The SMILES string of the molecule is CC(=O)N(C)CCN1CCN(c2ccc(-c3nc(NCc4ccc(Cl)cc4F)c4c(ncn4C)n3)cc2)CC1. The van der Waals surface area contributed by atoms with Gasteiger partial charge in [0.2, 0.25) is 5.91 Å². The molecule has 0 radical (unpaired) electrons. The zero-order valence-electron chi connectivity index (χ0n) is 22.4. The number of nitrogens with zero attached hydrogens (tertiary/aromatic N) is 7. The number of nitrogens with one attached hydrogen (secondary N) is 1. The quantitative estimate of drug-likeness (QED) is 0.354. The molecule has 1 fully saturated rings. The Morgan fingerprint density at radius 3 is 2.54 bits per heavy atom. The predicted octanol–water partition coefficient (Wildman–Crippen LogP) is 4.04. The third-order valence-corrected chi connectivity index (χ3v) is 7.42. The Balaban J connectivity index is 1.28. The summed E-state index contributed by atoms with van der Waals surface area (Å²) in [6, 6.07) is 12.9. The molecule has 0 aliphatic carbocycles. The minimum atomic E-state index is -0.370. The summed E-state index contributed by atoms with van der Waals surface area (Å²) < 4.78 is 16.2. The minimum absolute atomic E-state index is 0.0956. The zero-order valence-corrected chi connectivity index (χ0v) is 23.1. The molecule has 0 saturated carbocycles. The van der Waals surface area contributed by atoms with Crippen LogP contribution in [0.5, 0.6) is 0 Å². The lowest BCUT2D eigenvalue weighted by Crippen LogP contribution is -2.48. The van der Waals surface area contributed by atoms with Crippen molar-refractivity contribution in [3.8, 4) is 11.4 Å². The average molecular weight is 551 g/mol. The number of hydrogen-bond acceptors (Lipinski definition) is 7. The number of amides is 1. The van der Waals surface area contributed by atoms with Gasteiger partial charge >= 0.3 is 0 Å². The van der Waals surface area contributed by atoms with E-state index in [2.05, 4.69) is 37.2 Å². The van der Waals surface area contributed by atoms with Gasteiger partial charge in [-0.1, -0.05) is 17.7 Å². The molecule has 0 bridgehead atoms. The summed E-state index contributed by atoms with van der Waals surface area (Å²) in [4.78, 5) is 31.9. The number of halogens is 2. The van der Waals surface area contributed by atoms with Crippen molar-refractivity contribution in [3.63, 3.8) is 0 Å². The second-order valence-corrected chi connectivity index (χ2v) is 10.3. The average Bonchev–Trinajstić information content (AvgIpc) is 3.32. The number of fused-ring (bicyclic) bond motifs is 1. The summed E-state index contributed by atoms with van der Waals surface area (Å²) in [6.07, 6.45) is 1.69. The van der Waals surface area contributed by atoms with Crippen LogP contribution in [-0.4, -0.2) is 81.5 Å². The molecule has 1 N–H and O–H groups in total. The topological polar surface area (TPSA) is 82.4 Å². The van der Waals surface area contributed by atoms with Crippen molar-refractivity contribution < 1.29 is 9.18 Å². The van der Waals surface area contributed by atoms with E-state index in [9.17, 15) is 9.18 Å². The van der Waals surface area contributed by atoms with Gasteiger partial charge in [0.25, 0.3) is 0 Å². The number of hydrogen-bond donors (Lipinski definition) is 1. The lowest BCUT2D eigenvalue weighted by Gasteiger charge is -2.36. The summed E-state index contributed by atoms with van der Waals surface area (Å²) in [5, 5.41) is 3.62. The molecule has 1 amide bonds. The number of carbonyl (C=O) groups is 1. The Labute approximate surface area is 232 Å². The van der Waals surface area contributed by atoms with Crippen LogP contribution in [0.4, 0.5) is 15.9 Å². The fourth-order valence-electron chi connectivity index (χ4n) is 4.65. The first-order valence-electron chi connectivity index (χ1n) is 12.9. The van der Waals surface area contributed by atoms with Gasteiger partial charge in [-0.05, 0) is 36.4 Å². The Bertz CT molecular complexity index is 1470. The second-order valence-electron chi connectivity index (χ2n) is 9.83. The summed E-state index contributed by atoms with van der Waals surface area (Å²) in [7, 11) is 3.72. The van der Waals surface area contributed by atoms with Gasteiger partial charge in [0.05, 0.1) is 6.33 Å². The van der Waals surface area contributed by atoms with Crippen molar-refractivity contribution in [2.24, 2.45) is 7.05 Å². The van der Waals surface area contributed by atoms with Gasteiger partial charge < -0.3 is 19.7 Å². The Hall–Kier alpha value is -3.76. The van der Waals surface area contributed by atoms with Crippen molar-refractivity contribution in [1.29, 1.82) is 0 Å². The second kappa shape index (κ2) is 11.5. The van der Waals surface area contributed by atoms with Crippen LogP contribution in [0.2, 0.25) is 5.02 Å². The van der Waals surface area contributed by atoms with Crippen LogP contribution in [-0.2, 0) is 18.4 Å². The largest absolute Gasteiger partial charge is 0.369 e. The number of anilines is 2. The number of imidazole rings is 1. The van der Waals surface area contributed by atoms with Crippen LogP contribution in [0.1, 0.15) is 12.5 Å². The maximum Gasteiger partial charge on any atom is 0.219 e. The lowest BCUT2D eigenvalue weighted by atomic mass is 10.1. The molecule has 4 aromatic rings. The maximum absolute atomic E-state index is 14.3. The van der Waals surface area contributed by atoms with E-state index < -0.39 is 0 Å². The van der Waals surface area contributed by atoms with Crippen LogP contribution in [0.3, 0.4) is 0 Å². The number of likely N-dealkylation sites (N-methyl/N-ethyl adjacent to an activating group) is 1. The molecule has 204 valence electrons. The molecule has 3 heterocycles. The smallest absolute Gasteiger partial charge is 0.219 e. The zero-order chi connectivity index (χ0) is 27.5. The Morgan fingerprint density at radius 1 is 1.10 bits per heavy atom. The monoisotopic (exact) mass is 550 g/mol. The number of benzene rings is 2. The van der Waals surface area contributed by atoms with Crippen LogP contribution < -0.4 is 10.2 Å². The van der Waals surface area contributed by atoms with Crippen molar-refractivity contribution in [2.75, 3.05) is 56.5 Å². The predicted molar refractivity (Wildman–Crippen MR) is 152 cm³/mol. The minimum Gasteiger partial charge on any atom is -0.369 e. The molecule has 0 atom stereocenters. The summed E-state index contributed by atoms with van der Waals surface area (Å²) >= 11 is 5.90. The van der Waals surface area contributed by atoms with E-state index in [4.69, 9.17) is 16.6 Å². The van der Waals surface area contributed by atoms with Crippen LogP contribution >= 0.6 is 11.6 Å². The molecule has 0 spiro atoms. The van der Waals surface area contributed by atoms with Gasteiger partial charge in [0.1, 0.15) is 11.3 Å². The van der Waals surface area contributed by atoms with Crippen LogP contribution in [0, 0.1) is 5.82 Å². The fraction of sp³-hybridized carbons (Fsp3) is 0.357. The first-order valence-corrected chi connectivity index (χ1v) is 13.3. The van der Waals surface area contributed by atoms with Crippen molar-refractivity contribution in [2.45, 2.75) is 13.5 Å². The number of aromatic nitrogens is 4. The normalized spacial score (nSPS) is 14.1. The number of carbonyl (C=O) groups excluding carboxylic acids is 1. The molecule has 1 aliphatic rings. The molecule has 5 rings (SSSR count). The Morgan fingerprint density at radius 2 is 1.85 bits per heavy atom. The maximum atomic E-state index is 14.3. The highest BCUT2D eigenvalue weighted by molar-refractivity contribution is 6.30. The van der Waals surface area contributed by atoms with E-state index in [0.29, 0.717) is 27.9 Å². The van der Waals surface area contributed by atoms with E-state index in [-0.39, 0.29) is 18.3 Å². The summed E-state index contributed by atoms with van der Waals surface area (Å²) in [5.74, 6) is 0.856. The molecule has 39 heavy (non-hydrogen) atoms. The first-order chi connectivity index (χ1) is 18.8. The number of piperazine rings is 1. The van der Waals surface area contributed by atoms with Gasteiger partial charge in [-0.2, -0.15) is 0 Å². The standard InChI is InChI=1S/C28H32ClFN8O/c1-19(39)35(2)10-11-37-12-14-38(15-13-37)23-8-5-20(6-9-23)26-33-27(25-28(34-26)32-18-36(25)3)31-17-21-4-7-22(29)16-24(21)30/h4-9,16,18H,10-15,17H2,1-3H3,(H,31,33,34). The van der Waals surface area contributed by atoms with Gasteiger partial charge in [0.15, 0.2) is 17.3 Å². The van der Waals surface area contributed by atoms with Crippen molar-refractivity contribution in [1.82, 2.24) is 29.3 Å². The highest BCUT2D eigenvalue weighted by Crippen LogP contribution is 2.27. The van der Waals surface area contributed by atoms with E-state index >= 15 is 0 Å². The summed E-state index contributed by atoms with van der Waals surface area (Å²) in [5.41, 5.74) is 3.83. The highest BCUT2D eigenvalue weighted by Gasteiger charge is 2.19. The van der Waals surface area contributed by atoms with Crippen molar-refractivity contribution in [3.05, 3.63) is 65.2 Å². The molecular formula is C28H32ClFN8O. The first kappa shape index (κ1) is 26.8. The van der Waals surface area contributed by atoms with Crippen LogP contribution in [0.25, 0.3) is 22.6 Å². The third-order valence-electron chi connectivity index (χ3n) is 7.19. The molecule has 2 aromatic heterocycles.